The van der Waals surface area contributed by atoms with Gasteiger partial charge in [-0.1, -0.05) is 18.2 Å². The highest BCUT2D eigenvalue weighted by Gasteiger charge is 2.16. The van der Waals surface area contributed by atoms with Crippen LogP contribution in [0.2, 0.25) is 0 Å². The van der Waals surface area contributed by atoms with Gasteiger partial charge in [0.25, 0.3) is 5.91 Å². The summed E-state index contributed by atoms with van der Waals surface area (Å²) in [5.41, 5.74) is 0.742. The zero-order chi connectivity index (χ0) is 13.8. The van der Waals surface area contributed by atoms with Crippen LogP contribution >= 0.6 is 0 Å². The van der Waals surface area contributed by atoms with Crippen LogP contribution in [0.15, 0.2) is 47.3 Å². The first-order valence-corrected chi connectivity index (χ1v) is 5.60. The first-order chi connectivity index (χ1) is 9.13. The normalized spacial score (nSPS) is 9.68. The summed E-state index contributed by atoms with van der Waals surface area (Å²) in [5, 5.41) is 9.02. The number of hydrogen-bond donors (Lipinski definition) is 1. The maximum atomic E-state index is 12.2. The summed E-state index contributed by atoms with van der Waals surface area (Å²) in [6.07, 6.45) is 0. The molecule has 1 heterocycles. The Kier molecular flexibility index (Phi) is 3.44. The van der Waals surface area contributed by atoms with Crippen molar-refractivity contribution in [3.8, 4) is 6.07 Å². The number of anilines is 1. The molecule has 0 radical (unpaired) electrons. The molecule has 0 unspecified atom stereocenters. The van der Waals surface area contributed by atoms with Gasteiger partial charge in [-0.15, -0.1) is 0 Å². The van der Waals surface area contributed by atoms with Crippen molar-refractivity contribution < 1.29 is 4.79 Å². The molecule has 5 heteroatoms. The van der Waals surface area contributed by atoms with Crippen molar-refractivity contribution in [2.45, 2.75) is 0 Å². The summed E-state index contributed by atoms with van der Waals surface area (Å²) >= 11 is 0. The largest absolute Gasteiger partial charge is 0.318 e. The number of para-hydroxylation sites is 1. The summed E-state index contributed by atoms with van der Waals surface area (Å²) in [6, 6.07) is 13.2. The maximum Gasteiger partial charge on any atom is 0.274 e. The minimum absolute atomic E-state index is 0.183. The van der Waals surface area contributed by atoms with Gasteiger partial charge >= 0.3 is 0 Å². The molecule has 1 N–H and O–H groups in total. The molecular weight excluding hydrogens is 242 g/mol. The van der Waals surface area contributed by atoms with E-state index in [0.29, 0.717) is 11.3 Å². The predicted molar refractivity (Wildman–Crippen MR) is 71.0 cm³/mol. The zero-order valence-corrected chi connectivity index (χ0v) is 10.3. The standard InChI is InChI=1S/C14H11N3O2/c1-17(12-7-3-2-5-10(12)9-15)14(19)11-6-4-8-13(18)16-11/h2-8H,1H3,(H,16,18). The number of benzene rings is 1. The summed E-state index contributed by atoms with van der Waals surface area (Å²) in [4.78, 5) is 27.2. The molecule has 0 atom stereocenters. The van der Waals surface area contributed by atoms with Crippen molar-refractivity contribution >= 4 is 11.6 Å². The number of nitrogens with one attached hydrogen (secondary N) is 1. The molecule has 94 valence electrons. The third-order valence-corrected chi connectivity index (χ3v) is 2.69. The highest BCUT2D eigenvalue weighted by Crippen LogP contribution is 2.19. The Morgan fingerprint density at radius 3 is 2.63 bits per heavy atom. The van der Waals surface area contributed by atoms with Gasteiger partial charge in [-0.3, -0.25) is 9.59 Å². The Labute approximate surface area is 109 Å². The molecule has 0 aliphatic heterocycles. The lowest BCUT2D eigenvalue weighted by molar-refractivity contribution is 0.0988. The van der Waals surface area contributed by atoms with Gasteiger partial charge in [0.1, 0.15) is 11.8 Å². The number of nitrogens with zero attached hydrogens (tertiary/aromatic N) is 2. The molecule has 0 aliphatic carbocycles. The highest BCUT2D eigenvalue weighted by molar-refractivity contribution is 6.05. The minimum atomic E-state index is -0.375. The van der Waals surface area contributed by atoms with Crippen LogP contribution in [-0.2, 0) is 0 Å². The summed E-state index contributed by atoms with van der Waals surface area (Å²) in [6.45, 7) is 0. The highest BCUT2D eigenvalue weighted by atomic mass is 16.2. The number of hydrogen-bond acceptors (Lipinski definition) is 3. The van der Waals surface area contributed by atoms with E-state index in [-0.39, 0.29) is 17.2 Å². The summed E-state index contributed by atoms with van der Waals surface area (Å²) < 4.78 is 0. The van der Waals surface area contributed by atoms with Gasteiger partial charge in [-0.2, -0.15) is 5.26 Å². The fraction of sp³-hybridized carbons (Fsp3) is 0.0714. The number of pyridine rings is 1. The number of amides is 1. The van der Waals surface area contributed by atoms with E-state index in [2.05, 4.69) is 4.98 Å². The van der Waals surface area contributed by atoms with E-state index in [9.17, 15) is 9.59 Å². The molecule has 0 saturated carbocycles. The Balaban J connectivity index is 2.40. The molecule has 0 bridgehead atoms. The third kappa shape index (κ3) is 2.53. The second kappa shape index (κ2) is 5.19. The molecule has 0 fully saturated rings. The van der Waals surface area contributed by atoms with E-state index in [0.717, 1.165) is 0 Å². The molecule has 1 aromatic carbocycles. The second-order valence-corrected chi connectivity index (χ2v) is 3.92. The monoisotopic (exact) mass is 253 g/mol. The smallest absolute Gasteiger partial charge is 0.274 e. The summed E-state index contributed by atoms with van der Waals surface area (Å²) in [7, 11) is 1.56. The molecule has 0 saturated heterocycles. The van der Waals surface area contributed by atoms with E-state index < -0.39 is 0 Å². The maximum absolute atomic E-state index is 12.2. The van der Waals surface area contributed by atoms with Crippen molar-refractivity contribution in [3.63, 3.8) is 0 Å². The lowest BCUT2D eigenvalue weighted by Crippen LogP contribution is -2.29. The number of nitriles is 1. The third-order valence-electron chi connectivity index (χ3n) is 2.69. The minimum Gasteiger partial charge on any atom is -0.318 e. The van der Waals surface area contributed by atoms with Crippen molar-refractivity contribution in [1.29, 1.82) is 5.26 Å². The number of H-pyrrole nitrogens is 1. The molecule has 19 heavy (non-hydrogen) atoms. The van der Waals surface area contributed by atoms with Crippen LogP contribution in [0.4, 0.5) is 5.69 Å². The lowest BCUT2D eigenvalue weighted by Gasteiger charge is -2.18. The Morgan fingerprint density at radius 2 is 1.95 bits per heavy atom. The van der Waals surface area contributed by atoms with Crippen LogP contribution in [0.1, 0.15) is 16.1 Å². The number of aromatic nitrogens is 1. The topological polar surface area (TPSA) is 77.0 Å². The van der Waals surface area contributed by atoms with Gasteiger partial charge in [-0.25, -0.2) is 0 Å². The first kappa shape index (κ1) is 12.6. The Hall–Kier alpha value is -2.87. The molecule has 2 rings (SSSR count). The van der Waals surface area contributed by atoms with Crippen LogP contribution in [0.3, 0.4) is 0 Å². The molecule has 1 aromatic heterocycles. The number of aromatic amines is 1. The fourth-order valence-electron chi connectivity index (χ4n) is 1.72. The van der Waals surface area contributed by atoms with Crippen molar-refractivity contribution in [3.05, 3.63) is 64.1 Å². The van der Waals surface area contributed by atoms with Crippen molar-refractivity contribution in [2.24, 2.45) is 0 Å². The predicted octanol–water partition coefficient (Wildman–Crippen LogP) is 1.52. The first-order valence-electron chi connectivity index (χ1n) is 5.60. The van der Waals surface area contributed by atoms with E-state index in [1.807, 2.05) is 6.07 Å². The van der Waals surface area contributed by atoms with Gasteiger partial charge < -0.3 is 9.88 Å². The van der Waals surface area contributed by atoms with Crippen molar-refractivity contribution in [2.75, 3.05) is 11.9 Å². The molecule has 2 aromatic rings. The van der Waals surface area contributed by atoms with Gasteiger partial charge in [0.15, 0.2) is 0 Å². The van der Waals surface area contributed by atoms with E-state index in [1.54, 1.807) is 31.3 Å². The summed E-state index contributed by atoms with van der Waals surface area (Å²) in [5.74, 6) is -0.375. The van der Waals surface area contributed by atoms with Crippen LogP contribution in [0.5, 0.6) is 0 Å². The van der Waals surface area contributed by atoms with Crippen LogP contribution in [0.25, 0.3) is 0 Å². The van der Waals surface area contributed by atoms with E-state index >= 15 is 0 Å². The zero-order valence-electron chi connectivity index (χ0n) is 10.3. The van der Waals surface area contributed by atoms with E-state index in [4.69, 9.17) is 5.26 Å². The van der Waals surface area contributed by atoms with Gasteiger partial charge in [0.2, 0.25) is 5.56 Å². The lowest BCUT2D eigenvalue weighted by atomic mass is 10.1. The van der Waals surface area contributed by atoms with Gasteiger partial charge in [-0.05, 0) is 18.2 Å². The second-order valence-electron chi connectivity index (χ2n) is 3.92. The molecular formula is C14H11N3O2. The molecule has 0 aliphatic rings. The number of carbonyl (C=O) groups is 1. The van der Waals surface area contributed by atoms with Crippen LogP contribution < -0.4 is 10.5 Å². The van der Waals surface area contributed by atoms with E-state index in [1.165, 1.54) is 23.1 Å². The Bertz CT molecular complexity index is 713. The van der Waals surface area contributed by atoms with Gasteiger partial charge in [0, 0.05) is 13.1 Å². The van der Waals surface area contributed by atoms with Crippen molar-refractivity contribution in [1.82, 2.24) is 4.98 Å². The molecule has 1 amide bonds. The van der Waals surface area contributed by atoms with Crippen LogP contribution in [-0.4, -0.2) is 17.9 Å². The van der Waals surface area contributed by atoms with Gasteiger partial charge in [0.05, 0.1) is 11.3 Å². The average molecular weight is 253 g/mol. The number of rotatable bonds is 2. The molecule has 0 spiro atoms. The Morgan fingerprint density at radius 1 is 1.21 bits per heavy atom. The SMILES string of the molecule is CN(C(=O)c1cccc(=O)[nH]1)c1ccccc1C#N. The average Bonchev–Trinajstić information content (AvgIpc) is 2.45. The molecule has 5 nitrogen and oxygen atoms in total. The fourth-order valence-corrected chi connectivity index (χ4v) is 1.72. The quantitative estimate of drug-likeness (QED) is 0.881. The van der Waals surface area contributed by atoms with Crippen LogP contribution in [0, 0.1) is 11.3 Å². The number of carbonyl (C=O) groups excluding carboxylic acids is 1.